The molecule has 1 saturated heterocycles. The number of nitrogens with zero attached hydrogens (tertiary/aromatic N) is 1. The predicted octanol–water partition coefficient (Wildman–Crippen LogP) is 3.36. The molecule has 1 fully saturated rings. The number of aliphatic hydroxyl groups is 1. The van der Waals surface area contributed by atoms with Crippen LogP contribution in [0.2, 0.25) is 0 Å². The Hall–Kier alpha value is -2.50. The van der Waals surface area contributed by atoms with Crippen molar-refractivity contribution in [2.24, 2.45) is 0 Å². The molecule has 2 aliphatic carbocycles. The van der Waals surface area contributed by atoms with E-state index in [1.807, 2.05) is 24.3 Å². The molecule has 148 valence electrons. The van der Waals surface area contributed by atoms with Gasteiger partial charge in [-0.3, -0.25) is 0 Å². The van der Waals surface area contributed by atoms with Gasteiger partial charge in [0.2, 0.25) is 0 Å². The molecule has 3 heterocycles. The number of likely N-dealkylation sites (tertiary alicyclic amines) is 1. The van der Waals surface area contributed by atoms with E-state index >= 15 is 0 Å². The van der Waals surface area contributed by atoms with Crippen molar-refractivity contribution in [3.05, 3.63) is 58.8 Å². The molecule has 1 spiro atoms. The minimum absolute atomic E-state index is 0.0519. The largest absolute Gasteiger partial charge is 0.493 e. The summed E-state index contributed by atoms with van der Waals surface area (Å²) in [7, 11) is 3.82. The molecule has 2 aliphatic heterocycles. The van der Waals surface area contributed by atoms with Crippen LogP contribution in [0.25, 0.3) is 11.0 Å². The van der Waals surface area contributed by atoms with Crippen molar-refractivity contribution in [2.75, 3.05) is 20.7 Å². The van der Waals surface area contributed by atoms with Crippen LogP contribution in [-0.2, 0) is 18.3 Å². The van der Waals surface area contributed by atoms with E-state index in [4.69, 9.17) is 13.9 Å². The van der Waals surface area contributed by atoms with Crippen molar-refractivity contribution in [2.45, 2.75) is 42.4 Å². The number of benzene rings is 2. The molecule has 0 saturated carbocycles. The molecular formula is C24H23NO4. The van der Waals surface area contributed by atoms with Crippen molar-refractivity contribution in [1.82, 2.24) is 4.90 Å². The first-order valence-electron chi connectivity index (χ1n) is 10.4. The highest BCUT2D eigenvalue weighted by molar-refractivity contribution is 5.84. The van der Waals surface area contributed by atoms with Gasteiger partial charge < -0.3 is 23.9 Å². The lowest BCUT2D eigenvalue weighted by Gasteiger charge is -2.61. The van der Waals surface area contributed by atoms with Crippen molar-refractivity contribution in [3.8, 4) is 11.5 Å². The highest BCUT2D eigenvalue weighted by Gasteiger charge is 2.73. The summed E-state index contributed by atoms with van der Waals surface area (Å²) in [4.78, 5) is 2.33. The minimum Gasteiger partial charge on any atom is -0.493 e. The molecule has 2 aromatic carbocycles. The van der Waals surface area contributed by atoms with E-state index in [0.717, 1.165) is 58.7 Å². The number of hydrogen-bond donors (Lipinski definition) is 1. The lowest BCUT2D eigenvalue weighted by Crippen LogP contribution is -2.73. The average Bonchev–Trinajstić information content (AvgIpc) is 3.26. The van der Waals surface area contributed by atoms with Gasteiger partial charge in [0.15, 0.2) is 17.6 Å². The molecule has 4 aliphatic rings. The standard InChI is InChI=1S/C24H23NO4/c1-25-10-9-23-19-13-7-8-17(27-2)21(19)29-22(23)20-15(12-24(23,26)18(25)11-13)14-5-3-4-6-16(14)28-20/h3-8,18,22,26H,9-12H2,1-2H3. The number of hydrogen-bond acceptors (Lipinski definition) is 5. The second-order valence-electron chi connectivity index (χ2n) is 9.09. The summed E-state index contributed by atoms with van der Waals surface area (Å²) < 4.78 is 18.7. The van der Waals surface area contributed by atoms with Gasteiger partial charge >= 0.3 is 0 Å². The number of fused-ring (bicyclic) bond motifs is 4. The molecule has 5 nitrogen and oxygen atoms in total. The Balaban J connectivity index is 1.60. The van der Waals surface area contributed by atoms with E-state index in [0.29, 0.717) is 6.42 Å². The van der Waals surface area contributed by atoms with E-state index < -0.39 is 11.0 Å². The monoisotopic (exact) mass is 389 g/mol. The maximum absolute atomic E-state index is 12.5. The molecular weight excluding hydrogens is 366 g/mol. The molecule has 2 bridgehead atoms. The zero-order chi connectivity index (χ0) is 19.5. The first-order valence-corrected chi connectivity index (χ1v) is 10.4. The van der Waals surface area contributed by atoms with Gasteiger partial charge in [0.25, 0.3) is 0 Å². The van der Waals surface area contributed by atoms with Crippen LogP contribution in [-0.4, -0.2) is 42.4 Å². The highest BCUT2D eigenvalue weighted by Crippen LogP contribution is 2.69. The zero-order valence-electron chi connectivity index (χ0n) is 16.6. The van der Waals surface area contributed by atoms with Crippen LogP contribution in [0.5, 0.6) is 11.5 Å². The predicted molar refractivity (Wildman–Crippen MR) is 108 cm³/mol. The van der Waals surface area contributed by atoms with Crippen molar-refractivity contribution in [1.29, 1.82) is 0 Å². The van der Waals surface area contributed by atoms with Crippen LogP contribution in [0, 0.1) is 0 Å². The molecule has 0 radical (unpaired) electrons. The van der Waals surface area contributed by atoms with Crippen LogP contribution in [0.1, 0.15) is 35.0 Å². The topological polar surface area (TPSA) is 55.1 Å². The Bertz CT molecular complexity index is 1200. The van der Waals surface area contributed by atoms with E-state index in [-0.39, 0.29) is 12.1 Å². The van der Waals surface area contributed by atoms with Gasteiger partial charge in [-0.1, -0.05) is 24.3 Å². The molecule has 1 aromatic heterocycles. The SMILES string of the molecule is COc1ccc2c3c1OC1c4oc5ccccc5c4CC4(O)C(C2)N(C)CCC314. The first kappa shape index (κ1) is 16.3. The summed E-state index contributed by atoms with van der Waals surface area (Å²) in [5, 5.41) is 13.6. The third kappa shape index (κ3) is 1.61. The zero-order valence-corrected chi connectivity index (χ0v) is 16.6. The highest BCUT2D eigenvalue weighted by atomic mass is 16.5. The number of ether oxygens (including phenoxy) is 2. The van der Waals surface area contributed by atoms with Crippen molar-refractivity contribution in [3.63, 3.8) is 0 Å². The van der Waals surface area contributed by atoms with E-state index in [1.54, 1.807) is 7.11 Å². The fourth-order valence-corrected chi connectivity index (χ4v) is 6.84. The fraction of sp³-hybridized carbons (Fsp3) is 0.417. The van der Waals surface area contributed by atoms with E-state index in [1.165, 1.54) is 5.56 Å². The van der Waals surface area contributed by atoms with Crippen LogP contribution in [0.3, 0.4) is 0 Å². The Kier molecular flexibility index (Phi) is 2.80. The third-order valence-electron chi connectivity index (χ3n) is 8.10. The van der Waals surface area contributed by atoms with Crippen LogP contribution in [0.4, 0.5) is 0 Å². The molecule has 5 heteroatoms. The van der Waals surface area contributed by atoms with E-state index in [9.17, 15) is 5.11 Å². The fourth-order valence-electron chi connectivity index (χ4n) is 6.84. The number of piperidine rings is 1. The Morgan fingerprint density at radius 1 is 1.21 bits per heavy atom. The smallest absolute Gasteiger partial charge is 0.169 e. The number of likely N-dealkylation sites (N-methyl/N-ethyl adjacent to an activating group) is 1. The van der Waals surface area contributed by atoms with Gasteiger partial charge in [0.1, 0.15) is 11.3 Å². The number of furan rings is 1. The second-order valence-corrected chi connectivity index (χ2v) is 9.09. The van der Waals surface area contributed by atoms with Crippen molar-refractivity contribution >= 4 is 11.0 Å². The summed E-state index contributed by atoms with van der Waals surface area (Å²) in [5.41, 5.74) is 2.98. The summed E-state index contributed by atoms with van der Waals surface area (Å²) >= 11 is 0. The van der Waals surface area contributed by atoms with Crippen LogP contribution in [0.15, 0.2) is 40.8 Å². The Labute approximate surface area is 168 Å². The quantitative estimate of drug-likeness (QED) is 0.692. The Morgan fingerprint density at radius 2 is 2.07 bits per heavy atom. The lowest BCUT2D eigenvalue weighted by atomic mass is 9.49. The van der Waals surface area contributed by atoms with Crippen LogP contribution < -0.4 is 9.47 Å². The van der Waals surface area contributed by atoms with Gasteiger partial charge in [0.05, 0.1) is 18.1 Å². The summed E-state index contributed by atoms with van der Waals surface area (Å²) in [6, 6.07) is 12.3. The first-order chi connectivity index (χ1) is 14.1. The van der Waals surface area contributed by atoms with Crippen molar-refractivity contribution < 1.29 is 19.0 Å². The van der Waals surface area contributed by atoms with E-state index in [2.05, 4.69) is 24.1 Å². The second kappa shape index (κ2) is 4.97. The minimum atomic E-state index is -0.908. The van der Waals surface area contributed by atoms with Crippen LogP contribution >= 0.6 is 0 Å². The van der Waals surface area contributed by atoms with Gasteiger partial charge in [-0.2, -0.15) is 0 Å². The van der Waals surface area contributed by atoms with Gasteiger partial charge in [-0.15, -0.1) is 0 Å². The molecule has 29 heavy (non-hydrogen) atoms. The third-order valence-corrected chi connectivity index (χ3v) is 8.10. The number of rotatable bonds is 1. The molecule has 0 amide bonds. The maximum atomic E-state index is 12.5. The van der Waals surface area contributed by atoms with Gasteiger partial charge in [0, 0.05) is 29.0 Å². The summed E-state index contributed by atoms with van der Waals surface area (Å²) in [6.07, 6.45) is 1.92. The van der Waals surface area contributed by atoms with Gasteiger partial charge in [-0.05, 0) is 44.1 Å². The summed E-state index contributed by atoms with van der Waals surface area (Å²) in [5.74, 6) is 2.42. The molecule has 4 unspecified atom stereocenters. The van der Waals surface area contributed by atoms with Gasteiger partial charge in [-0.25, -0.2) is 0 Å². The Morgan fingerprint density at radius 3 is 2.93 bits per heavy atom. The maximum Gasteiger partial charge on any atom is 0.169 e. The molecule has 7 rings (SSSR count). The molecule has 3 aromatic rings. The molecule has 1 N–H and O–H groups in total. The normalized spacial score (nSPS) is 33.9. The summed E-state index contributed by atoms with van der Waals surface area (Å²) in [6.45, 7) is 0.929. The average molecular weight is 389 g/mol. The number of para-hydroxylation sites is 1. The molecule has 4 atom stereocenters. The lowest BCUT2D eigenvalue weighted by molar-refractivity contribution is -0.170. The number of methoxy groups -OCH3 is 1.